The molecule has 186 valence electrons. The van der Waals surface area contributed by atoms with E-state index in [1.165, 1.54) is 43.3 Å². The average molecular weight is 505 g/mol. The monoisotopic (exact) mass is 505 g/mol. The van der Waals surface area contributed by atoms with Crippen molar-refractivity contribution in [1.29, 1.82) is 5.41 Å². The van der Waals surface area contributed by atoms with Gasteiger partial charge in [-0.1, -0.05) is 12.1 Å². The molecule has 0 fully saturated rings. The van der Waals surface area contributed by atoms with Gasteiger partial charge in [0.2, 0.25) is 0 Å². The number of rotatable bonds is 6. The van der Waals surface area contributed by atoms with Gasteiger partial charge in [0.15, 0.2) is 12.6 Å². The van der Waals surface area contributed by atoms with Gasteiger partial charge in [-0.25, -0.2) is 4.79 Å². The van der Waals surface area contributed by atoms with Crippen LogP contribution in [-0.4, -0.2) is 49.9 Å². The van der Waals surface area contributed by atoms with Gasteiger partial charge in [-0.15, -0.1) is 0 Å². The third kappa shape index (κ3) is 11.8. The first-order valence-corrected chi connectivity index (χ1v) is 11.1. The molecule has 0 heterocycles. The molecule has 1 unspecified atom stereocenters. The standard InChI is InChI=1S/C19H18F3N3O4.CH4O3S/c1-11(16(26)28-10-19(20,21)22)12-4-8-15(9-5-12)29-17(27)13-2-6-14(7-3-13)25-18(23)24;1-5(2,3)4/h2-9,11H,10H2,1H3,(H4,23,24,25);1H3,(H,2,3,4). The SMILES string of the molecule is CC(C(=O)OCC(F)(F)F)c1ccc(OC(=O)c2ccc(NC(=N)N)cc2)cc1.CS(=O)(=O)O. The van der Waals surface area contributed by atoms with Gasteiger partial charge in [0, 0.05) is 5.69 Å². The quantitative estimate of drug-likeness (QED) is 0.152. The van der Waals surface area contributed by atoms with Gasteiger partial charge < -0.3 is 20.5 Å². The number of nitrogens with two attached hydrogens (primary N) is 1. The summed E-state index contributed by atoms with van der Waals surface area (Å²) in [6.45, 7) is -0.233. The predicted octanol–water partition coefficient (Wildman–Crippen LogP) is 2.92. The van der Waals surface area contributed by atoms with Gasteiger partial charge in [0.25, 0.3) is 10.1 Å². The van der Waals surface area contributed by atoms with E-state index in [9.17, 15) is 31.2 Å². The molecule has 0 spiro atoms. The fourth-order valence-electron chi connectivity index (χ4n) is 2.25. The number of hydrogen-bond acceptors (Lipinski definition) is 7. The second kappa shape index (κ2) is 12.0. The molecule has 0 aliphatic rings. The molecule has 34 heavy (non-hydrogen) atoms. The summed E-state index contributed by atoms with van der Waals surface area (Å²) in [5, 5.41) is 9.71. The van der Waals surface area contributed by atoms with E-state index in [4.69, 9.17) is 20.4 Å². The highest BCUT2D eigenvalue weighted by molar-refractivity contribution is 7.85. The minimum absolute atomic E-state index is 0.195. The number of guanidine groups is 1. The lowest BCUT2D eigenvalue weighted by atomic mass is 10.0. The highest BCUT2D eigenvalue weighted by Crippen LogP contribution is 2.23. The maximum absolute atomic E-state index is 12.2. The van der Waals surface area contributed by atoms with Crippen molar-refractivity contribution in [3.05, 3.63) is 59.7 Å². The molecule has 1 atom stereocenters. The molecule has 2 rings (SSSR count). The van der Waals surface area contributed by atoms with Crippen LogP contribution in [0.5, 0.6) is 5.75 Å². The van der Waals surface area contributed by atoms with Crippen LogP contribution in [0.2, 0.25) is 0 Å². The zero-order chi connectivity index (χ0) is 26.1. The number of benzene rings is 2. The summed E-state index contributed by atoms with van der Waals surface area (Å²) >= 11 is 0. The maximum atomic E-state index is 12.2. The number of nitrogens with one attached hydrogen (secondary N) is 2. The van der Waals surface area contributed by atoms with Crippen LogP contribution in [0.3, 0.4) is 0 Å². The van der Waals surface area contributed by atoms with Gasteiger partial charge in [-0.3, -0.25) is 14.8 Å². The van der Waals surface area contributed by atoms with Crippen LogP contribution < -0.4 is 15.8 Å². The van der Waals surface area contributed by atoms with Gasteiger partial charge >= 0.3 is 18.1 Å². The van der Waals surface area contributed by atoms with Crippen LogP contribution in [0.4, 0.5) is 18.9 Å². The number of carbonyl (C=O) groups excluding carboxylic acids is 2. The highest BCUT2D eigenvalue weighted by Gasteiger charge is 2.31. The lowest BCUT2D eigenvalue weighted by Crippen LogP contribution is -2.23. The van der Waals surface area contributed by atoms with Crippen molar-refractivity contribution in [1.82, 2.24) is 0 Å². The number of halogens is 3. The lowest BCUT2D eigenvalue weighted by Gasteiger charge is -2.13. The van der Waals surface area contributed by atoms with E-state index in [-0.39, 0.29) is 17.3 Å². The van der Waals surface area contributed by atoms with Gasteiger partial charge in [-0.05, 0) is 48.9 Å². The molecular weight excluding hydrogens is 483 g/mol. The van der Waals surface area contributed by atoms with Gasteiger partial charge in [0.1, 0.15) is 5.75 Å². The number of hydrogen-bond donors (Lipinski definition) is 4. The largest absolute Gasteiger partial charge is 0.456 e. The fraction of sp³-hybridized carbons (Fsp3) is 0.250. The fourth-order valence-corrected chi connectivity index (χ4v) is 2.25. The summed E-state index contributed by atoms with van der Waals surface area (Å²) < 4.78 is 71.7. The Balaban J connectivity index is 0.00000104. The van der Waals surface area contributed by atoms with Gasteiger partial charge in [0.05, 0.1) is 17.7 Å². The Bertz CT molecular complexity index is 1100. The van der Waals surface area contributed by atoms with Gasteiger partial charge in [-0.2, -0.15) is 21.6 Å². The van der Waals surface area contributed by atoms with Crippen molar-refractivity contribution in [2.24, 2.45) is 5.73 Å². The highest BCUT2D eigenvalue weighted by atomic mass is 32.2. The molecule has 0 aliphatic heterocycles. The van der Waals surface area contributed by atoms with E-state index in [0.717, 1.165) is 0 Å². The minimum atomic E-state index is -4.59. The summed E-state index contributed by atoms with van der Waals surface area (Å²) in [6.07, 6.45) is -3.87. The first kappa shape index (κ1) is 28.4. The molecule has 0 amide bonds. The summed E-state index contributed by atoms with van der Waals surface area (Å²) in [5.41, 5.74) is 6.42. The molecule has 0 aromatic heterocycles. The Labute approximate surface area is 193 Å². The smallest absolute Gasteiger partial charge is 0.422 e. The van der Waals surface area contributed by atoms with E-state index >= 15 is 0 Å². The van der Waals surface area contributed by atoms with Crippen LogP contribution in [0.15, 0.2) is 48.5 Å². The number of carbonyl (C=O) groups is 2. The second-order valence-electron chi connectivity index (χ2n) is 6.75. The van der Waals surface area contributed by atoms with Crippen molar-refractivity contribution in [2.75, 3.05) is 18.2 Å². The Morgan fingerprint density at radius 1 is 1.12 bits per heavy atom. The van der Waals surface area contributed by atoms with Crippen LogP contribution in [0.25, 0.3) is 0 Å². The van der Waals surface area contributed by atoms with Crippen LogP contribution in [-0.2, 0) is 19.6 Å². The third-order valence-corrected chi connectivity index (χ3v) is 3.72. The molecular formula is C20H22F3N3O7S. The maximum Gasteiger partial charge on any atom is 0.422 e. The van der Waals surface area contributed by atoms with E-state index < -0.39 is 40.8 Å². The molecule has 10 nitrogen and oxygen atoms in total. The van der Waals surface area contributed by atoms with Crippen molar-refractivity contribution in [2.45, 2.75) is 19.0 Å². The first-order chi connectivity index (χ1) is 15.5. The normalized spacial score (nSPS) is 11.9. The number of ether oxygens (including phenoxy) is 2. The topological polar surface area (TPSA) is 169 Å². The summed E-state index contributed by atoms with van der Waals surface area (Å²) in [7, 11) is -3.67. The second-order valence-corrected chi connectivity index (χ2v) is 8.22. The molecule has 2 aromatic carbocycles. The van der Waals surface area contributed by atoms with Crippen molar-refractivity contribution in [3.8, 4) is 5.75 Å². The molecule has 0 saturated carbocycles. The van der Waals surface area contributed by atoms with Crippen LogP contribution in [0, 0.1) is 5.41 Å². The van der Waals surface area contributed by atoms with Crippen LogP contribution >= 0.6 is 0 Å². The number of esters is 2. The molecule has 0 radical (unpaired) electrons. The van der Waals surface area contributed by atoms with E-state index in [2.05, 4.69) is 10.1 Å². The predicted molar refractivity (Wildman–Crippen MR) is 116 cm³/mol. The molecule has 14 heteroatoms. The molecule has 5 N–H and O–H groups in total. The Kier molecular flexibility index (Phi) is 10.0. The van der Waals surface area contributed by atoms with Crippen LogP contribution in [0.1, 0.15) is 28.8 Å². The van der Waals surface area contributed by atoms with Crippen molar-refractivity contribution < 1.29 is 45.2 Å². The molecule has 0 bridgehead atoms. The Morgan fingerprint density at radius 3 is 2.06 bits per heavy atom. The lowest BCUT2D eigenvalue weighted by molar-refractivity contribution is -0.187. The van der Waals surface area contributed by atoms with Crippen molar-refractivity contribution in [3.63, 3.8) is 0 Å². The Hall–Kier alpha value is -3.65. The first-order valence-electron chi connectivity index (χ1n) is 9.24. The van der Waals surface area contributed by atoms with Crippen molar-refractivity contribution >= 4 is 33.7 Å². The van der Waals surface area contributed by atoms with E-state index in [1.807, 2.05) is 0 Å². The zero-order valence-electron chi connectivity index (χ0n) is 17.9. The molecule has 2 aromatic rings. The zero-order valence-corrected chi connectivity index (χ0v) is 18.7. The third-order valence-electron chi connectivity index (χ3n) is 3.72. The van der Waals surface area contributed by atoms with E-state index in [0.29, 0.717) is 17.5 Å². The summed E-state index contributed by atoms with van der Waals surface area (Å²) in [6, 6.07) is 11.8. The Morgan fingerprint density at radius 2 is 1.62 bits per heavy atom. The summed E-state index contributed by atoms with van der Waals surface area (Å²) in [5.74, 6) is -2.60. The van der Waals surface area contributed by atoms with E-state index in [1.54, 1.807) is 12.1 Å². The number of alkyl halides is 3. The molecule has 0 aliphatic carbocycles. The summed E-state index contributed by atoms with van der Waals surface area (Å²) in [4.78, 5) is 23.9. The number of anilines is 1. The minimum Gasteiger partial charge on any atom is -0.456 e. The average Bonchev–Trinajstić information content (AvgIpc) is 2.70. The molecule has 0 saturated heterocycles.